The number of fused-ring (bicyclic) bond motifs is 3. The standard InChI is InChI=1S/C17H21N5OS2/c1-10-5-4-6-21(7-10)13(23)8-24-17-20-19-15-14-11(2)12(3)25-16(14)18-9-22(15)17/h9-10H,4-8H2,1-3H3/t10-/m0/s1. The minimum absolute atomic E-state index is 0.185. The Morgan fingerprint density at radius 2 is 2.24 bits per heavy atom. The molecule has 1 aliphatic rings. The van der Waals surface area contributed by atoms with Gasteiger partial charge >= 0.3 is 0 Å². The van der Waals surface area contributed by atoms with Crippen molar-refractivity contribution in [3.05, 3.63) is 16.8 Å². The molecule has 4 rings (SSSR count). The molecule has 0 spiro atoms. The first-order valence-electron chi connectivity index (χ1n) is 8.54. The van der Waals surface area contributed by atoms with Crippen LogP contribution in [0.5, 0.6) is 0 Å². The topological polar surface area (TPSA) is 63.4 Å². The highest BCUT2D eigenvalue weighted by Gasteiger charge is 2.22. The largest absolute Gasteiger partial charge is 0.342 e. The maximum atomic E-state index is 12.5. The van der Waals surface area contributed by atoms with E-state index in [1.165, 1.54) is 28.6 Å². The number of thiophene rings is 1. The fourth-order valence-electron chi connectivity index (χ4n) is 3.36. The summed E-state index contributed by atoms with van der Waals surface area (Å²) in [5.41, 5.74) is 2.04. The van der Waals surface area contributed by atoms with Gasteiger partial charge in [0.1, 0.15) is 11.2 Å². The number of hydrogen-bond acceptors (Lipinski definition) is 6. The van der Waals surface area contributed by atoms with E-state index >= 15 is 0 Å². The molecule has 0 saturated carbocycles. The molecule has 8 heteroatoms. The monoisotopic (exact) mass is 375 g/mol. The molecule has 3 aromatic rings. The van der Waals surface area contributed by atoms with Crippen LogP contribution < -0.4 is 0 Å². The van der Waals surface area contributed by atoms with Gasteiger partial charge < -0.3 is 4.90 Å². The number of hydrogen-bond donors (Lipinski definition) is 0. The molecule has 25 heavy (non-hydrogen) atoms. The van der Waals surface area contributed by atoms with Crippen molar-refractivity contribution in [2.75, 3.05) is 18.8 Å². The Hall–Kier alpha value is -1.67. The van der Waals surface area contributed by atoms with E-state index in [4.69, 9.17) is 0 Å². The fourth-order valence-corrected chi connectivity index (χ4v) is 5.15. The molecule has 132 valence electrons. The molecule has 3 aromatic heterocycles. The summed E-state index contributed by atoms with van der Waals surface area (Å²) in [7, 11) is 0. The number of thioether (sulfide) groups is 1. The van der Waals surface area contributed by atoms with E-state index in [-0.39, 0.29) is 5.91 Å². The van der Waals surface area contributed by atoms with Gasteiger partial charge in [-0.1, -0.05) is 18.7 Å². The van der Waals surface area contributed by atoms with Gasteiger partial charge in [0, 0.05) is 18.0 Å². The van der Waals surface area contributed by atoms with Crippen molar-refractivity contribution in [3.8, 4) is 0 Å². The average Bonchev–Trinajstić information content (AvgIpc) is 3.13. The van der Waals surface area contributed by atoms with Crippen LogP contribution in [0.2, 0.25) is 0 Å². The third-order valence-corrected chi connectivity index (χ3v) is 6.92. The highest BCUT2D eigenvalue weighted by atomic mass is 32.2. The Morgan fingerprint density at radius 3 is 3.04 bits per heavy atom. The molecule has 6 nitrogen and oxygen atoms in total. The number of carbonyl (C=O) groups is 1. The van der Waals surface area contributed by atoms with Gasteiger partial charge in [0.15, 0.2) is 10.8 Å². The number of carbonyl (C=O) groups excluding carboxylic acids is 1. The highest BCUT2D eigenvalue weighted by Crippen LogP contribution is 2.32. The third-order valence-electron chi connectivity index (χ3n) is 4.88. The Balaban J connectivity index is 1.56. The number of aromatic nitrogens is 4. The summed E-state index contributed by atoms with van der Waals surface area (Å²) in [6, 6.07) is 0. The molecule has 1 amide bonds. The van der Waals surface area contributed by atoms with Crippen molar-refractivity contribution in [2.24, 2.45) is 5.92 Å². The van der Waals surface area contributed by atoms with E-state index in [1.807, 2.05) is 9.30 Å². The van der Waals surface area contributed by atoms with E-state index < -0.39 is 0 Å². The Morgan fingerprint density at radius 1 is 1.40 bits per heavy atom. The molecule has 0 unspecified atom stereocenters. The SMILES string of the molecule is Cc1sc2ncn3c(SCC(=O)N4CCC[C@H](C)C4)nnc3c2c1C. The molecule has 0 bridgehead atoms. The molecular weight excluding hydrogens is 354 g/mol. The Bertz CT molecular complexity index is 947. The second-order valence-corrected chi connectivity index (χ2v) is 8.91. The number of amides is 1. The summed E-state index contributed by atoms with van der Waals surface area (Å²) >= 11 is 3.12. The van der Waals surface area contributed by atoms with E-state index in [9.17, 15) is 4.79 Å². The Kier molecular flexibility index (Phi) is 4.41. The lowest BCUT2D eigenvalue weighted by Gasteiger charge is -2.30. The second-order valence-electron chi connectivity index (χ2n) is 6.76. The zero-order valence-electron chi connectivity index (χ0n) is 14.7. The molecule has 1 fully saturated rings. The summed E-state index contributed by atoms with van der Waals surface area (Å²) in [6.07, 6.45) is 4.08. The van der Waals surface area contributed by atoms with E-state index in [1.54, 1.807) is 17.7 Å². The number of nitrogens with zero attached hydrogens (tertiary/aromatic N) is 5. The van der Waals surface area contributed by atoms with Crippen molar-refractivity contribution in [1.82, 2.24) is 24.5 Å². The average molecular weight is 376 g/mol. The molecule has 0 aromatic carbocycles. The van der Waals surface area contributed by atoms with Gasteiger partial charge in [-0.25, -0.2) is 4.98 Å². The second kappa shape index (κ2) is 6.57. The number of piperidine rings is 1. The van der Waals surface area contributed by atoms with Crippen molar-refractivity contribution in [2.45, 2.75) is 38.8 Å². The zero-order valence-corrected chi connectivity index (χ0v) is 16.3. The van der Waals surface area contributed by atoms with Crippen LogP contribution in [0.3, 0.4) is 0 Å². The fraction of sp³-hybridized carbons (Fsp3) is 0.529. The highest BCUT2D eigenvalue weighted by molar-refractivity contribution is 7.99. The molecule has 1 aliphatic heterocycles. The minimum atomic E-state index is 0.185. The molecule has 0 radical (unpaired) electrons. The summed E-state index contributed by atoms with van der Waals surface area (Å²) in [5, 5.41) is 10.5. The molecule has 1 saturated heterocycles. The third kappa shape index (κ3) is 3.01. The molecule has 4 heterocycles. The molecule has 0 N–H and O–H groups in total. The lowest BCUT2D eigenvalue weighted by molar-refractivity contribution is -0.130. The van der Waals surface area contributed by atoms with Crippen LogP contribution in [-0.2, 0) is 4.79 Å². The lowest BCUT2D eigenvalue weighted by atomic mass is 10.0. The summed E-state index contributed by atoms with van der Waals surface area (Å²) in [4.78, 5) is 21.2. The minimum Gasteiger partial charge on any atom is -0.342 e. The van der Waals surface area contributed by atoms with Crippen LogP contribution >= 0.6 is 23.1 Å². The van der Waals surface area contributed by atoms with Crippen molar-refractivity contribution < 1.29 is 4.79 Å². The smallest absolute Gasteiger partial charge is 0.233 e. The van der Waals surface area contributed by atoms with Crippen molar-refractivity contribution in [1.29, 1.82) is 0 Å². The van der Waals surface area contributed by atoms with Crippen molar-refractivity contribution in [3.63, 3.8) is 0 Å². The van der Waals surface area contributed by atoms with Crippen LogP contribution in [0.4, 0.5) is 0 Å². The van der Waals surface area contributed by atoms with Crippen LogP contribution in [0.1, 0.15) is 30.2 Å². The lowest BCUT2D eigenvalue weighted by Crippen LogP contribution is -2.40. The van der Waals surface area contributed by atoms with Gasteiger partial charge in [0.25, 0.3) is 0 Å². The van der Waals surface area contributed by atoms with Crippen LogP contribution in [0.15, 0.2) is 11.5 Å². The summed E-state index contributed by atoms with van der Waals surface area (Å²) in [6.45, 7) is 8.15. The quantitative estimate of drug-likeness (QED) is 0.657. The summed E-state index contributed by atoms with van der Waals surface area (Å²) in [5.74, 6) is 1.18. The maximum absolute atomic E-state index is 12.5. The normalized spacial score (nSPS) is 18.4. The molecular formula is C17H21N5OS2. The first kappa shape index (κ1) is 16.8. The van der Waals surface area contributed by atoms with Gasteiger partial charge in [0.05, 0.1) is 11.1 Å². The first-order chi connectivity index (χ1) is 12.0. The van der Waals surface area contributed by atoms with Gasteiger partial charge in [-0.05, 0) is 38.2 Å². The van der Waals surface area contributed by atoms with Gasteiger partial charge in [-0.3, -0.25) is 9.20 Å². The summed E-state index contributed by atoms with van der Waals surface area (Å²) < 4.78 is 1.90. The molecule has 0 aliphatic carbocycles. The number of likely N-dealkylation sites (tertiary alicyclic amines) is 1. The Labute approximate surface area is 154 Å². The molecule has 1 atom stereocenters. The van der Waals surface area contributed by atoms with Gasteiger partial charge in [-0.2, -0.15) is 0 Å². The van der Waals surface area contributed by atoms with Crippen LogP contribution in [0, 0.1) is 19.8 Å². The van der Waals surface area contributed by atoms with E-state index in [0.717, 1.165) is 40.5 Å². The van der Waals surface area contributed by atoms with E-state index in [2.05, 4.69) is 36.0 Å². The van der Waals surface area contributed by atoms with Crippen molar-refractivity contribution >= 4 is 44.9 Å². The van der Waals surface area contributed by atoms with Gasteiger partial charge in [-0.15, -0.1) is 21.5 Å². The van der Waals surface area contributed by atoms with Gasteiger partial charge in [0.2, 0.25) is 5.91 Å². The first-order valence-corrected chi connectivity index (χ1v) is 10.3. The van der Waals surface area contributed by atoms with Crippen LogP contribution in [0.25, 0.3) is 15.9 Å². The van der Waals surface area contributed by atoms with E-state index in [0.29, 0.717) is 11.7 Å². The predicted octanol–water partition coefficient (Wildman–Crippen LogP) is 3.31. The number of rotatable bonds is 3. The predicted molar refractivity (Wildman–Crippen MR) is 101 cm³/mol. The number of aryl methyl sites for hydroxylation is 2. The maximum Gasteiger partial charge on any atom is 0.233 e. The van der Waals surface area contributed by atoms with Crippen LogP contribution in [-0.4, -0.2) is 49.2 Å². The zero-order chi connectivity index (χ0) is 17.6.